The summed E-state index contributed by atoms with van der Waals surface area (Å²) < 4.78 is 5.80. The molecule has 19 heavy (non-hydrogen) atoms. The predicted octanol–water partition coefficient (Wildman–Crippen LogP) is 3.80. The van der Waals surface area contributed by atoms with Gasteiger partial charge in [-0.2, -0.15) is 0 Å². The molecule has 0 spiro atoms. The third-order valence-corrected chi connectivity index (χ3v) is 3.12. The van der Waals surface area contributed by atoms with E-state index >= 15 is 0 Å². The molecule has 0 aliphatic rings. The lowest BCUT2D eigenvalue weighted by Gasteiger charge is -2.20. The van der Waals surface area contributed by atoms with Crippen molar-refractivity contribution < 1.29 is 9.84 Å². The second-order valence-corrected chi connectivity index (χ2v) is 5.43. The number of rotatable bonds is 8. The van der Waals surface area contributed by atoms with Gasteiger partial charge in [0.2, 0.25) is 0 Å². The van der Waals surface area contributed by atoms with E-state index in [1.165, 1.54) is 0 Å². The van der Waals surface area contributed by atoms with Crippen LogP contribution in [0, 0.1) is 11.8 Å². The second-order valence-electron chi connectivity index (χ2n) is 5.43. The van der Waals surface area contributed by atoms with Crippen molar-refractivity contribution in [1.82, 2.24) is 0 Å². The normalized spacial score (nSPS) is 15.0. The van der Waals surface area contributed by atoms with E-state index < -0.39 is 0 Å². The molecule has 0 aromatic heterocycles. The molecule has 106 valence electrons. The molecule has 0 fully saturated rings. The van der Waals surface area contributed by atoms with Gasteiger partial charge in [0.1, 0.15) is 0 Å². The first kappa shape index (κ1) is 15.9. The standard InChI is InChI=1S/C17H26O2/c1-14(2)8-7-9-15(3)17(12-18)19-13-16-10-5-4-6-11-16/h4-7,9-11,14-15,17-18H,8,12-13H2,1-3H3/b9-7+/t15-,17+/m1/s1. The maximum Gasteiger partial charge on any atom is 0.0869 e. The van der Waals surface area contributed by atoms with Gasteiger partial charge in [-0.3, -0.25) is 0 Å². The Labute approximate surface area is 117 Å². The molecule has 0 amide bonds. The summed E-state index contributed by atoms with van der Waals surface area (Å²) in [6.07, 6.45) is 5.26. The summed E-state index contributed by atoms with van der Waals surface area (Å²) in [5, 5.41) is 9.42. The lowest BCUT2D eigenvalue weighted by molar-refractivity contribution is -0.0176. The van der Waals surface area contributed by atoms with Crippen molar-refractivity contribution in [2.45, 2.75) is 39.9 Å². The first-order chi connectivity index (χ1) is 9.13. The van der Waals surface area contributed by atoms with Crippen molar-refractivity contribution in [1.29, 1.82) is 0 Å². The highest BCUT2D eigenvalue weighted by Crippen LogP contribution is 2.13. The minimum absolute atomic E-state index is 0.0556. The van der Waals surface area contributed by atoms with Gasteiger partial charge >= 0.3 is 0 Å². The zero-order chi connectivity index (χ0) is 14.1. The molecule has 1 rings (SSSR count). The molecule has 0 saturated carbocycles. The number of hydrogen-bond acceptors (Lipinski definition) is 2. The van der Waals surface area contributed by atoms with Crippen LogP contribution < -0.4 is 0 Å². The van der Waals surface area contributed by atoms with Gasteiger partial charge in [0.05, 0.1) is 19.3 Å². The highest BCUT2D eigenvalue weighted by molar-refractivity contribution is 5.13. The smallest absolute Gasteiger partial charge is 0.0869 e. The molecule has 0 unspecified atom stereocenters. The molecule has 1 N–H and O–H groups in total. The van der Waals surface area contributed by atoms with Crippen LogP contribution in [-0.4, -0.2) is 17.8 Å². The Kier molecular flexibility index (Phi) is 7.46. The maximum absolute atomic E-state index is 9.42. The summed E-state index contributed by atoms with van der Waals surface area (Å²) in [6.45, 7) is 7.09. The molecule has 0 aliphatic carbocycles. The summed E-state index contributed by atoms with van der Waals surface area (Å²) >= 11 is 0. The third kappa shape index (κ3) is 6.55. The number of aliphatic hydroxyl groups excluding tert-OH is 1. The van der Waals surface area contributed by atoms with Crippen molar-refractivity contribution >= 4 is 0 Å². The van der Waals surface area contributed by atoms with Gasteiger partial charge < -0.3 is 9.84 Å². The van der Waals surface area contributed by atoms with Crippen LogP contribution in [0.5, 0.6) is 0 Å². The molecule has 1 aromatic rings. The van der Waals surface area contributed by atoms with E-state index in [9.17, 15) is 5.11 Å². The molecule has 0 saturated heterocycles. The van der Waals surface area contributed by atoms with Gasteiger partial charge in [-0.15, -0.1) is 0 Å². The first-order valence-electron chi connectivity index (χ1n) is 7.06. The fraction of sp³-hybridized carbons (Fsp3) is 0.529. The van der Waals surface area contributed by atoms with Gasteiger partial charge in [-0.05, 0) is 17.9 Å². The first-order valence-corrected chi connectivity index (χ1v) is 7.06. The van der Waals surface area contributed by atoms with Gasteiger partial charge in [-0.25, -0.2) is 0 Å². The van der Waals surface area contributed by atoms with Crippen LogP contribution >= 0.6 is 0 Å². The lowest BCUT2D eigenvalue weighted by Crippen LogP contribution is -2.24. The largest absolute Gasteiger partial charge is 0.394 e. The van der Waals surface area contributed by atoms with E-state index in [0.717, 1.165) is 12.0 Å². The predicted molar refractivity (Wildman–Crippen MR) is 79.9 cm³/mol. The quantitative estimate of drug-likeness (QED) is 0.722. The van der Waals surface area contributed by atoms with E-state index in [0.29, 0.717) is 12.5 Å². The maximum atomic E-state index is 9.42. The highest BCUT2D eigenvalue weighted by atomic mass is 16.5. The summed E-state index contributed by atoms with van der Waals surface area (Å²) in [5.74, 6) is 0.897. The fourth-order valence-corrected chi connectivity index (χ4v) is 1.84. The Bertz CT molecular complexity index is 357. The summed E-state index contributed by atoms with van der Waals surface area (Å²) in [5.41, 5.74) is 1.14. The summed E-state index contributed by atoms with van der Waals surface area (Å²) in [6, 6.07) is 10.1. The molecular formula is C17H26O2. The Balaban J connectivity index is 2.42. The van der Waals surface area contributed by atoms with Gasteiger partial charge in [0, 0.05) is 5.92 Å². The second kappa shape index (κ2) is 8.89. The molecule has 2 heteroatoms. The summed E-state index contributed by atoms with van der Waals surface area (Å²) in [7, 11) is 0. The Morgan fingerprint density at radius 3 is 2.42 bits per heavy atom. The molecule has 0 heterocycles. The van der Waals surface area contributed by atoms with Crippen LogP contribution in [0.3, 0.4) is 0 Å². The molecular weight excluding hydrogens is 236 g/mol. The lowest BCUT2D eigenvalue weighted by atomic mass is 10.0. The van der Waals surface area contributed by atoms with Crippen molar-refractivity contribution in [3.8, 4) is 0 Å². The van der Waals surface area contributed by atoms with Gasteiger partial charge in [0.15, 0.2) is 0 Å². The third-order valence-electron chi connectivity index (χ3n) is 3.12. The van der Waals surface area contributed by atoms with E-state index in [1.54, 1.807) is 0 Å². The Morgan fingerprint density at radius 1 is 1.16 bits per heavy atom. The minimum Gasteiger partial charge on any atom is -0.394 e. The SMILES string of the molecule is CC(C)C/C=C/[C@@H](C)[C@H](CO)OCc1ccccc1. The van der Waals surface area contributed by atoms with Crippen molar-refractivity contribution in [3.63, 3.8) is 0 Å². The van der Waals surface area contributed by atoms with Crippen LogP contribution in [0.2, 0.25) is 0 Å². The molecule has 1 aromatic carbocycles. The molecule has 0 aliphatic heterocycles. The Hall–Kier alpha value is -1.12. The zero-order valence-corrected chi connectivity index (χ0v) is 12.3. The highest BCUT2D eigenvalue weighted by Gasteiger charge is 2.14. The molecule has 2 atom stereocenters. The van der Waals surface area contributed by atoms with Crippen LogP contribution in [-0.2, 0) is 11.3 Å². The summed E-state index contributed by atoms with van der Waals surface area (Å²) in [4.78, 5) is 0. The minimum atomic E-state index is -0.136. The molecule has 2 nitrogen and oxygen atoms in total. The Morgan fingerprint density at radius 2 is 1.84 bits per heavy atom. The van der Waals surface area contributed by atoms with E-state index in [1.807, 2.05) is 30.3 Å². The van der Waals surface area contributed by atoms with Crippen LogP contribution in [0.25, 0.3) is 0 Å². The van der Waals surface area contributed by atoms with E-state index in [4.69, 9.17) is 4.74 Å². The average molecular weight is 262 g/mol. The van der Waals surface area contributed by atoms with Crippen LogP contribution in [0.1, 0.15) is 32.8 Å². The molecule has 0 bridgehead atoms. The van der Waals surface area contributed by atoms with Crippen LogP contribution in [0.15, 0.2) is 42.5 Å². The van der Waals surface area contributed by atoms with E-state index in [-0.39, 0.29) is 18.6 Å². The van der Waals surface area contributed by atoms with Crippen molar-refractivity contribution in [2.24, 2.45) is 11.8 Å². The number of aliphatic hydroxyl groups is 1. The average Bonchev–Trinajstić information content (AvgIpc) is 2.40. The number of ether oxygens (including phenoxy) is 1. The van der Waals surface area contributed by atoms with Crippen LogP contribution in [0.4, 0.5) is 0 Å². The van der Waals surface area contributed by atoms with E-state index in [2.05, 4.69) is 32.9 Å². The van der Waals surface area contributed by atoms with Gasteiger partial charge in [0.25, 0.3) is 0 Å². The zero-order valence-electron chi connectivity index (χ0n) is 12.3. The van der Waals surface area contributed by atoms with Crippen molar-refractivity contribution in [3.05, 3.63) is 48.0 Å². The number of allylic oxidation sites excluding steroid dienone is 1. The monoisotopic (exact) mass is 262 g/mol. The van der Waals surface area contributed by atoms with Crippen molar-refractivity contribution in [2.75, 3.05) is 6.61 Å². The van der Waals surface area contributed by atoms with Gasteiger partial charge in [-0.1, -0.05) is 63.3 Å². The fourth-order valence-electron chi connectivity index (χ4n) is 1.84. The number of hydrogen-bond donors (Lipinski definition) is 1. The topological polar surface area (TPSA) is 29.5 Å². The molecule has 0 radical (unpaired) electrons. The number of benzene rings is 1.